The third-order valence-corrected chi connectivity index (χ3v) is 2.75. The van der Waals surface area contributed by atoms with Crippen molar-refractivity contribution in [1.29, 1.82) is 0 Å². The van der Waals surface area contributed by atoms with Gasteiger partial charge in [0.2, 0.25) is 0 Å². The van der Waals surface area contributed by atoms with E-state index in [0.29, 0.717) is 0 Å². The Balaban J connectivity index is 0.000000134. The number of fused-ring (bicyclic) bond motifs is 1. The van der Waals surface area contributed by atoms with E-state index in [1.54, 1.807) is 0 Å². The molecule has 0 unspecified atom stereocenters. The first-order valence-corrected chi connectivity index (χ1v) is 6.28. The summed E-state index contributed by atoms with van der Waals surface area (Å²) in [6, 6.07) is 20.4. The number of aromatic nitrogens is 1. The van der Waals surface area contributed by atoms with Crippen molar-refractivity contribution >= 4 is 23.7 Å². The molecule has 1 heterocycles. The molecule has 0 aliphatic carbocycles. The zero-order valence-corrected chi connectivity index (χ0v) is 10.9. The van der Waals surface area contributed by atoms with Gasteiger partial charge in [0.05, 0.1) is 0 Å². The first kappa shape index (κ1) is 12.7. The van der Waals surface area contributed by atoms with Crippen molar-refractivity contribution in [2.45, 2.75) is 6.54 Å². The second kappa shape index (κ2) is 6.89. The van der Waals surface area contributed by atoms with Gasteiger partial charge in [-0.15, -0.1) is 0 Å². The SMILES string of the molecule is SNCc1ccccc1.c1ccc2[nH]ccc2c1. The van der Waals surface area contributed by atoms with Crippen LogP contribution in [-0.2, 0) is 6.54 Å². The molecule has 3 rings (SSSR count). The van der Waals surface area contributed by atoms with E-state index < -0.39 is 0 Å². The van der Waals surface area contributed by atoms with Crippen molar-refractivity contribution in [1.82, 2.24) is 9.71 Å². The third-order valence-electron chi connectivity index (χ3n) is 2.59. The minimum absolute atomic E-state index is 0.823. The molecule has 92 valence electrons. The van der Waals surface area contributed by atoms with Crippen LogP contribution < -0.4 is 4.72 Å². The van der Waals surface area contributed by atoms with Crippen LogP contribution in [0, 0.1) is 0 Å². The largest absolute Gasteiger partial charge is 0.361 e. The zero-order chi connectivity index (χ0) is 12.6. The number of hydrogen-bond donors (Lipinski definition) is 3. The number of rotatable bonds is 2. The lowest BCUT2D eigenvalue weighted by atomic mass is 10.2. The molecule has 0 fully saturated rings. The van der Waals surface area contributed by atoms with E-state index in [1.165, 1.54) is 16.5 Å². The van der Waals surface area contributed by atoms with Crippen molar-refractivity contribution in [3.8, 4) is 0 Å². The number of thiol groups is 1. The summed E-state index contributed by atoms with van der Waals surface area (Å²) in [7, 11) is 0. The van der Waals surface area contributed by atoms with Crippen LogP contribution in [0.2, 0.25) is 0 Å². The smallest absolute Gasteiger partial charge is 0.0453 e. The van der Waals surface area contributed by atoms with Crippen LogP contribution in [0.3, 0.4) is 0 Å². The average Bonchev–Trinajstić information content (AvgIpc) is 2.89. The van der Waals surface area contributed by atoms with Gasteiger partial charge < -0.3 is 4.98 Å². The van der Waals surface area contributed by atoms with Gasteiger partial charge in [-0.05, 0) is 23.1 Å². The Bertz CT molecular complexity index is 545. The highest BCUT2D eigenvalue weighted by Crippen LogP contribution is 2.09. The Morgan fingerprint density at radius 3 is 2.33 bits per heavy atom. The van der Waals surface area contributed by atoms with E-state index in [-0.39, 0.29) is 0 Å². The fourth-order valence-corrected chi connectivity index (χ4v) is 1.86. The van der Waals surface area contributed by atoms with Gasteiger partial charge in [-0.3, -0.25) is 4.72 Å². The quantitative estimate of drug-likeness (QED) is 0.598. The summed E-state index contributed by atoms with van der Waals surface area (Å²) >= 11 is 3.88. The van der Waals surface area contributed by atoms with Crippen LogP contribution in [0.4, 0.5) is 0 Å². The minimum atomic E-state index is 0.823. The van der Waals surface area contributed by atoms with E-state index in [1.807, 2.05) is 36.5 Å². The molecule has 0 saturated carbocycles. The highest BCUT2D eigenvalue weighted by atomic mass is 32.1. The van der Waals surface area contributed by atoms with Crippen molar-refractivity contribution < 1.29 is 0 Å². The molecule has 0 aliphatic heterocycles. The third kappa shape index (κ3) is 3.65. The first-order valence-electron chi connectivity index (χ1n) is 5.83. The molecular formula is C15H16N2S. The standard InChI is InChI=1S/C8H7N.C7H9NS/c1-2-4-8-7(3-1)5-6-9-8;9-8-6-7-4-2-1-3-5-7/h1-6,9H;1-5,8-9H,6H2. The highest BCUT2D eigenvalue weighted by molar-refractivity contribution is 7.78. The van der Waals surface area contributed by atoms with Crippen LogP contribution >= 0.6 is 12.8 Å². The Morgan fingerprint density at radius 1 is 0.889 bits per heavy atom. The zero-order valence-electron chi connectivity index (χ0n) is 10.0. The van der Waals surface area contributed by atoms with Crippen molar-refractivity contribution in [2.24, 2.45) is 0 Å². The summed E-state index contributed by atoms with van der Waals surface area (Å²) in [4.78, 5) is 3.12. The maximum absolute atomic E-state index is 3.88. The van der Waals surface area contributed by atoms with Gasteiger partial charge in [0.1, 0.15) is 0 Å². The molecule has 0 saturated heterocycles. The van der Waals surface area contributed by atoms with Crippen molar-refractivity contribution in [3.05, 3.63) is 72.4 Å². The van der Waals surface area contributed by atoms with Gasteiger partial charge in [0.15, 0.2) is 0 Å². The fraction of sp³-hybridized carbons (Fsp3) is 0.0667. The lowest BCUT2D eigenvalue weighted by Gasteiger charge is -1.95. The molecule has 0 bridgehead atoms. The molecule has 0 amide bonds. The van der Waals surface area contributed by atoms with Crippen LogP contribution in [0.5, 0.6) is 0 Å². The van der Waals surface area contributed by atoms with Crippen molar-refractivity contribution in [3.63, 3.8) is 0 Å². The summed E-state index contributed by atoms with van der Waals surface area (Å²) < 4.78 is 2.78. The minimum Gasteiger partial charge on any atom is -0.361 e. The molecule has 3 aromatic rings. The molecule has 2 aromatic carbocycles. The van der Waals surface area contributed by atoms with Crippen LogP contribution in [0.15, 0.2) is 66.9 Å². The highest BCUT2D eigenvalue weighted by Gasteiger charge is 1.86. The number of hydrogen-bond acceptors (Lipinski definition) is 2. The van der Waals surface area contributed by atoms with Crippen LogP contribution in [0.1, 0.15) is 5.56 Å². The lowest BCUT2D eigenvalue weighted by molar-refractivity contribution is 0.985. The summed E-state index contributed by atoms with van der Waals surface area (Å²) in [5, 5.41) is 1.28. The predicted octanol–water partition coefficient (Wildman–Crippen LogP) is 3.79. The molecule has 0 atom stereocenters. The molecule has 3 heteroatoms. The maximum atomic E-state index is 3.88. The maximum Gasteiger partial charge on any atom is 0.0453 e. The van der Waals surface area contributed by atoms with Gasteiger partial charge in [0, 0.05) is 18.3 Å². The average molecular weight is 256 g/mol. The summed E-state index contributed by atoms with van der Waals surface area (Å²) in [5.74, 6) is 0. The molecule has 18 heavy (non-hydrogen) atoms. The molecule has 1 aromatic heterocycles. The fourth-order valence-electron chi connectivity index (χ4n) is 1.68. The number of benzene rings is 2. The first-order chi connectivity index (χ1) is 8.90. The Labute approximate surface area is 113 Å². The molecule has 2 nitrogen and oxygen atoms in total. The van der Waals surface area contributed by atoms with E-state index in [4.69, 9.17) is 0 Å². The number of H-pyrrole nitrogens is 1. The van der Waals surface area contributed by atoms with Crippen LogP contribution in [-0.4, -0.2) is 4.98 Å². The van der Waals surface area contributed by atoms with Gasteiger partial charge in [0.25, 0.3) is 0 Å². The Hall–Kier alpha value is -1.71. The second-order valence-corrected chi connectivity index (χ2v) is 4.20. The van der Waals surface area contributed by atoms with Gasteiger partial charge in [-0.1, -0.05) is 61.3 Å². The number of aromatic amines is 1. The number of nitrogens with one attached hydrogen (secondary N) is 2. The van der Waals surface area contributed by atoms with Gasteiger partial charge in [-0.25, -0.2) is 0 Å². The molecule has 0 spiro atoms. The van der Waals surface area contributed by atoms with Crippen LogP contribution in [0.25, 0.3) is 10.9 Å². The Kier molecular flexibility index (Phi) is 4.88. The molecule has 2 N–H and O–H groups in total. The van der Waals surface area contributed by atoms with E-state index in [2.05, 4.69) is 52.9 Å². The summed E-state index contributed by atoms with van der Waals surface area (Å²) in [6.07, 6.45) is 1.95. The van der Waals surface area contributed by atoms with Gasteiger partial charge in [-0.2, -0.15) is 0 Å². The summed E-state index contributed by atoms with van der Waals surface area (Å²) in [6.45, 7) is 0.823. The predicted molar refractivity (Wildman–Crippen MR) is 80.6 cm³/mol. The lowest BCUT2D eigenvalue weighted by Crippen LogP contribution is -1.96. The monoisotopic (exact) mass is 256 g/mol. The van der Waals surface area contributed by atoms with E-state index in [9.17, 15) is 0 Å². The van der Waals surface area contributed by atoms with Gasteiger partial charge >= 0.3 is 0 Å². The van der Waals surface area contributed by atoms with Crippen molar-refractivity contribution in [2.75, 3.05) is 0 Å². The van der Waals surface area contributed by atoms with E-state index in [0.717, 1.165) is 6.54 Å². The Morgan fingerprint density at radius 2 is 1.61 bits per heavy atom. The second-order valence-electron chi connectivity index (χ2n) is 3.89. The number of para-hydroxylation sites is 1. The molecule has 0 radical (unpaired) electrons. The van der Waals surface area contributed by atoms with E-state index >= 15 is 0 Å². The topological polar surface area (TPSA) is 27.8 Å². The molecular weight excluding hydrogens is 240 g/mol. The normalized spacial score (nSPS) is 9.83. The summed E-state index contributed by atoms with van der Waals surface area (Å²) in [5.41, 5.74) is 2.46. The molecule has 0 aliphatic rings.